The molecular weight excluding hydrogens is 242 g/mol. The molecule has 0 spiro atoms. The van der Waals surface area contributed by atoms with Gasteiger partial charge in [-0.2, -0.15) is 25.0 Å². The van der Waals surface area contributed by atoms with E-state index in [9.17, 15) is 17.4 Å². The summed E-state index contributed by atoms with van der Waals surface area (Å²) in [5.74, 6) is 3.17. The molecule has 0 unspecified atom stereocenters. The van der Waals surface area contributed by atoms with E-state index in [4.69, 9.17) is 0 Å². The number of ketones is 1. The molecule has 0 rings (SSSR count). The molecule has 0 aromatic carbocycles. The Labute approximate surface area is 92.8 Å². The Morgan fingerprint density at radius 2 is 1.73 bits per heavy atom. The number of Topliss-reactive ketones (excluding diaryl/α,β-unsaturated/α-hetero) is 1. The summed E-state index contributed by atoms with van der Waals surface area (Å²) >= 11 is 0. The van der Waals surface area contributed by atoms with Crippen LogP contribution in [0.2, 0.25) is 0 Å². The Balaban J connectivity index is -0.000000147. The second-order valence-electron chi connectivity index (χ2n) is 1.93. The van der Waals surface area contributed by atoms with Crippen LogP contribution in [-0.4, -0.2) is 39.4 Å². The van der Waals surface area contributed by atoms with Gasteiger partial charge in [-0.1, -0.05) is 0 Å². The fourth-order valence-corrected chi connectivity index (χ4v) is 0.224. The molecule has 0 amide bonds. The molecule has 6 nitrogen and oxygen atoms in total. The zero-order valence-corrected chi connectivity index (χ0v) is 10.6. The van der Waals surface area contributed by atoms with Crippen molar-refractivity contribution in [1.29, 1.82) is 0 Å². The number of aliphatic imine (C=N–C) groups is 1. The van der Waals surface area contributed by atoms with Gasteiger partial charge in [-0.25, -0.2) is 4.99 Å². The third-order valence-corrected chi connectivity index (χ3v) is 1.06. The molecule has 0 aromatic rings. The topological polar surface area (TPSA) is 89.9 Å². The van der Waals surface area contributed by atoms with E-state index in [-0.39, 0.29) is 5.78 Å². The van der Waals surface area contributed by atoms with Gasteiger partial charge >= 0.3 is 0 Å². The molecule has 0 aromatic heterocycles. The van der Waals surface area contributed by atoms with Crippen molar-refractivity contribution in [2.45, 2.75) is 13.8 Å². The zero-order valence-electron chi connectivity index (χ0n) is 9.01. The van der Waals surface area contributed by atoms with E-state index in [2.05, 4.69) is 15.0 Å². The number of carbonyl (C=O) groups is 1. The van der Waals surface area contributed by atoms with Crippen molar-refractivity contribution in [3.63, 3.8) is 0 Å². The Kier molecular flexibility index (Phi) is 20.3. The fraction of sp³-hybridized carbons (Fsp3) is 0.571. The van der Waals surface area contributed by atoms with E-state index in [1.807, 2.05) is 0 Å². The SMILES string of the molecule is C=[S-](=O)OC.CC(C)=O.CN=C=S(=O)=O. The van der Waals surface area contributed by atoms with Crippen molar-refractivity contribution in [2.75, 3.05) is 14.2 Å². The van der Waals surface area contributed by atoms with Crippen molar-refractivity contribution < 1.29 is 21.6 Å². The van der Waals surface area contributed by atoms with Crippen LogP contribution in [0.5, 0.6) is 0 Å². The first-order chi connectivity index (χ1) is 6.77. The van der Waals surface area contributed by atoms with E-state index in [0.29, 0.717) is 0 Å². The van der Waals surface area contributed by atoms with E-state index in [1.165, 1.54) is 28.0 Å². The standard InChI is InChI=1S/C3H6O.C2H3NO2S.C2H5O2S/c1-3(2)4;1-3-2-6(4)5;1-4-5(2)3/h1-2H3;1H3;2H2,1H3/q;;-1. The van der Waals surface area contributed by atoms with Crippen LogP contribution in [-0.2, 0) is 34.1 Å². The number of rotatable bonds is 1. The maximum Gasteiger partial charge on any atom is 0.279 e. The first-order valence-corrected chi connectivity index (χ1v) is 5.76. The monoisotopic (exact) mass is 256 g/mol. The van der Waals surface area contributed by atoms with Crippen LogP contribution in [0.3, 0.4) is 0 Å². The van der Waals surface area contributed by atoms with Crippen LogP contribution < -0.4 is 0 Å². The highest BCUT2D eigenvalue weighted by molar-refractivity contribution is 7.77. The lowest BCUT2D eigenvalue weighted by Crippen LogP contribution is -1.70. The molecule has 0 heterocycles. The highest BCUT2D eigenvalue weighted by Gasteiger charge is 1.62. The van der Waals surface area contributed by atoms with Crippen molar-refractivity contribution in [3.8, 4) is 0 Å². The van der Waals surface area contributed by atoms with Gasteiger partial charge in [-0.3, -0.25) is 0 Å². The Hall–Kier alpha value is -0.950. The Morgan fingerprint density at radius 1 is 1.47 bits per heavy atom. The summed E-state index contributed by atoms with van der Waals surface area (Å²) in [5.41, 5.74) is 0. The van der Waals surface area contributed by atoms with Gasteiger partial charge in [0, 0.05) is 14.2 Å². The van der Waals surface area contributed by atoms with Crippen molar-refractivity contribution in [2.24, 2.45) is 4.99 Å². The van der Waals surface area contributed by atoms with Crippen LogP contribution >= 0.6 is 0 Å². The van der Waals surface area contributed by atoms with E-state index >= 15 is 0 Å². The molecule has 0 radical (unpaired) electrons. The maximum absolute atomic E-state index is 9.59. The second-order valence-corrected chi connectivity index (χ2v) is 3.52. The first kappa shape index (κ1) is 19.6. The maximum atomic E-state index is 9.59. The van der Waals surface area contributed by atoms with Crippen LogP contribution in [0.1, 0.15) is 13.8 Å². The van der Waals surface area contributed by atoms with Crippen LogP contribution in [0.25, 0.3) is 0 Å². The molecule has 0 aliphatic heterocycles. The smallest absolute Gasteiger partial charge is 0.279 e. The highest BCUT2D eigenvalue weighted by atomic mass is 32.2. The molecule has 0 atom stereocenters. The zero-order chi connectivity index (χ0) is 12.9. The largest absolute Gasteiger partial charge is 0.455 e. The van der Waals surface area contributed by atoms with Crippen LogP contribution in [0.4, 0.5) is 0 Å². The normalized spacial score (nSPS) is 7.27. The number of nitrogens with zero attached hydrogens (tertiary/aromatic N) is 1. The molecule has 0 aliphatic rings. The predicted octanol–water partition coefficient (Wildman–Crippen LogP) is -0.0605. The van der Waals surface area contributed by atoms with Gasteiger partial charge in [0.25, 0.3) is 10.3 Å². The summed E-state index contributed by atoms with van der Waals surface area (Å²) in [6.45, 7) is 3.06. The predicted molar refractivity (Wildman–Crippen MR) is 60.8 cm³/mol. The van der Waals surface area contributed by atoms with Crippen molar-refractivity contribution in [1.82, 2.24) is 0 Å². The van der Waals surface area contributed by atoms with Crippen LogP contribution in [0.15, 0.2) is 4.99 Å². The summed E-state index contributed by atoms with van der Waals surface area (Å²) in [7, 11) is -0.875. The molecule has 0 aliphatic carbocycles. The average molecular weight is 256 g/mol. The lowest BCUT2D eigenvalue weighted by atomic mass is 10.6. The minimum atomic E-state index is -2.23. The van der Waals surface area contributed by atoms with E-state index in [0.717, 1.165) is 0 Å². The lowest BCUT2D eigenvalue weighted by Gasteiger charge is -1.89. The number of isothiocyanates is 1. The third-order valence-electron chi connectivity index (χ3n) is 0.352. The van der Waals surface area contributed by atoms with Gasteiger partial charge in [-0.05, 0) is 13.8 Å². The molecule has 0 N–H and O–H groups in total. The van der Waals surface area contributed by atoms with E-state index in [1.54, 1.807) is 5.16 Å². The Morgan fingerprint density at radius 3 is 1.73 bits per heavy atom. The minimum absolute atomic E-state index is 0.167. The Bertz CT molecular complexity index is 368. The number of hydrogen-bond acceptors (Lipinski definition) is 7. The van der Waals surface area contributed by atoms with Crippen molar-refractivity contribution >= 4 is 37.8 Å². The summed E-state index contributed by atoms with van der Waals surface area (Å²) in [6, 6.07) is 0. The third kappa shape index (κ3) is 97.1. The number of carbonyl (C=O) groups excluding carboxylic acids is 1. The molecule has 0 bridgehead atoms. The second kappa shape index (κ2) is 15.5. The fourth-order valence-electron chi connectivity index (χ4n) is 0.0745. The number of hydrogen-bond donors (Lipinski definition) is 0. The van der Waals surface area contributed by atoms with Gasteiger partial charge in [0.05, 0.1) is 0 Å². The van der Waals surface area contributed by atoms with Crippen molar-refractivity contribution in [3.05, 3.63) is 0 Å². The van der Waals surface area contributed by atoms with Gasteiger partial charge in [0.15, 0.2) is 0 Å². The molecule has 8 heteroatoms. The first-order valence-electron chi connectivity index (χ1n) is 3.44. The molecule has 0 saturated carbocycles. The lowest BCUT2D eigenvalue weighted by molar-refractivity contribution is -0.114. The van der Waals surface area contributed by atoms with Crippen LogP contribution in [0, 0.1) is 0 Å². The van der Waals surface area contributed by atoms with Gasteiger partial charge < -0.3 is 13.2 Å². The molecule has 0 fully saturated rings. The van der Waals surface area contributed by atoms with Gasteiger partial charge in [0.1, 0.15) is 10.9 Å². The van der Waals surface area contributed by atoms with Gasteiger partial charge in [-0.15, -0.1) is 0 Å². The average Bonchev–Trinajstić information content (AvgIpc) is 2.03. The molecule has 15 heavy (non-hydrogen) atoms. The molecule has 90 valence electrons. The van der Waals surface area contributed by atoms with E-state index < -0.39 is 21.0 Å². The summed E-state index contributed by atoms with van der Waals surface area (Å²) in [4.78, 5) is 12.5. The molecule has 0 saturated heterocycles. The minimum Gasteiger partial charge on any atom is -0.455 e. The highest BCUT2D eigenvalue weighted by Crippen LogP contribution is 1.54. The molecular formula is C7H14NO5S2-. The quantitative estimate of drug-likeness (QED) is 0.372. The van der Waals surface area contributed by atoms with Gasteiger partial charge in [0.2, 0.25) is 0 Å². The summed E-state index contributed by atoms with van der Waals surface area (Å²) < 4.78 is 32.5. The summed E-state index contributed by atoms with van der Waals surface area (Å²) in [6.07, 6.45) is 0. The summed E-state index contributed by atoms with van der Waals surface area (Å²) in [5, 5.41) is 1.75.